The summed E-state index contributed by atoms with van der Waals surface area (Å²) in [5.41, 5.74) is 6.35. The number of nitrogens with two attached hydrogens (primary N) is 1. The van der Waals surface area contributed by atoms with Gasteiger partial charge in [0.1, 0.15) is 5.76 Å². The molecule has 3 nitrogen and oxygen atoms in total. The lowest BCUT2D eigenvalue weighted by atomic mass is 9.82. The molecule has 2 atom stereocenters. The fraction of sp³-hybridized carbons (Fsp3) is 0.714. The molecule has 0 spiro atoms. The lowest BCUT2D eigenvalue weighted by molar-refractivity contribution is -0.0140. The second-order valence-electron chi connectivity index (χ2n) is 4.98. The van der Waals surface area contributed by atoms with Crippen LogP contribution in [0.15, 0.2) is 21.2 Å². The number of ether oxygens (including phenoxy) is 1. The first-order chi connectivity index (χ1) is 8.74. The minimum Gasteiger partial charge on any atom is -0.466 e. The predicted octanol–water partition coefficient (Wildman–Crippen LogP) is 4.03. The summed E-state index contributed by atoms with van der Waals surface area (Å²) in [5, 5.41) is 0. The highest BCUT2D eigenvalue weighted by Gasteiger charge is 2.32. The zero-order valence-corrected chi connectivity index (χ0v) is 12.5. The Kier molecular flexibility index (Phi) is 5.27. The number of furan rings is 1. The van der Waals surface area contributed by atoms with Crippen LogP contribution < -0.4 is 5.73 Å². The van der Waals surface area contributed by atoms with E-state index in [1.165, 1.54) is 32.1 Å². The van der Waals surface area contributed by atoms with E-state index < -0.39 is 0 Å². The van der Waals surface area contributed by atoms with Crippen molar-refractivity contribution in [1.29, 1.82) is 0 Å². The Hall–Kier alpha value is -0.320. The van der Waals surface area contributed by atoms with Gasteiger partial charge in [-0.3, -0.25) is 0 Å². The molecule has 18 heavy (non-hydrogen) atoms. The highest BCUT2D eigenvalue weighted by atomic mass is 79.9. The fourth-order valence-electron chi connectivity index (χ4n) is 2.88. The minimum absolute atomic E-state index is 0.0674. The van der Waals surface area contributed by atoms with E-state index in [1.807, 2.05) is 13.0 Å². The second kappa shape index (κ2) is 6.73. The van der Waals surface area contributed by atoms with Gasteiger partial charge in [0.15, 0.2) is 0 Å². The zero-order valence-electron chi connectivity index (χ0n) is 10.9. The Balaban J connectivity index is 2.10. The first-order valence-corrected chi connectivity index (χ1v) is 7.63. The lowest BCUT2D eigenvalue weighted by Crippen LogP contribution is -2.36. The molecule has 2 rings (SSSR count). The van der Waals surface area contributed by atoms with Crippen LogP contribution in [0.2, 0.25) is 0 Å². The van der Waals surface area contributed by atoms with E-state index in [1.54, 1.807) is 6.26 Å². The van der Waals surface area contributed by atoms with Crippen LogP contribution in [0, 0.1) is 5.92 Å². The quantitative estimate of drug-likeness (QED) is 0.892. The van der Waals surface area contributed by atoms with Crippen LogP contribution in [0.5, 0.6) is 0 Å². The summed E-state index contributed by atoms with van der Waals surface area (Å²) in [7, 11) is 0. The van der Waals surface area contributed by atoms with E-state index in [0.29, 0.717) is 12.5 Å². The Morgan fingerprint density at radius 1 is 1.44 bits per heavy atom. The number of rotatable bonds is 5. The van der Waals surface area contributed by atoms with Crippen LogP contribution in [0.25, 0.3) is 0 Å². The predicted molar refractivity (Wildman–Crippen MR) is 75.3 cm³/mol. The molecule has 1 aromatic rings. The van der Waals surface area contributed by atoms with Gasteiger partial charge in [0.25, 0.3) is 0 Å². The molecular formula is C14H22BrNO2. The summed E-state index contributed by atoms with van der Waals surface area (Å²) in [6, 6.07) is 1.71. The molecule has 0 bridgehead atoms. The Bertz CT molecular complexity index is 360. The standard InChI is InChI=1S/C14H22BrNO2/c1-2-17-13(10-6-4-3-5-7-10)12(16)14-11(15)8-9-18-14/h8-10,12-13H,2-7,16H2,1H3. The topological polar surface area (TPSA) is 48.4 Å². The van der Waals surface area contributed by atoms with Gasteiger partial charge in [0.2, 0.25) is 0 Å². The van der Waals surface area contributed by atoms with Gasteiger partial charge in [-0.25, -0.2) is 0 Å². The van der Waals surface area contributed by atoms with Crippen molar-refractivity contribution in [2.75, 3.05) is 6.61 Å². The average Bonchev–Trinajstić information content (AvgIpc) is 2.82. The van der Waals surface area contributed by atoms with Crippen LogP contribution >= 0.6 is 15.9 Å². The van der Waals surface area contributed by atoms with Crippen molar-refractivity contribution in [1.82, 2.24) is 0 Å². The van der Waals surface area contributed by atoms with Crippen LogP contribution in [-0.4, -0.2) is 12.7 Å². The van der Waals surface area contributed by atoms with E-state index in [2.05, 4.69) is 15.9 Å². The molecule has 1 heterocycles. The Morgan fingerprint density at radius 3 is 2.72 bits per heavy atom. The van der Waals surface area contributed by atoms with Crippen molar-refractivity contribution < 1.29 is 9.15 Å². The molecule has 1 aromatic heterocycles. The normalized spacial score (nSPS) is 20.8. The fourth-order valence-corrected chi connectivity index (χ4v) is 3.35. The molecule has 1 aliphatic carbocycles. The third kappa shape index (κ3) is 3.16. The van der Waals surface area contributed by atoms with E-state index in [0.717, 1.165) is 10.2 Å². The molecule has 0 saturated heterocycles. The highest BCUT2D eigenvalue weighted by molar-refractivity contribution is 9.10. The summed E-state index contributed by atoms with van der Waals surface area (Å²) in [6.07, 6.45) is 8.10. The summed E-state index contributed by atoms with van der Waals surface area (Å²) >= 11 is 3.48. The molecule has 0 aromatic carbocycles. The van der Waals surface area contributed by atoms with Gasteiger partial charge in [-0.2, -0.15) is 0 Å². The SMILES string of the molecule is CCOC(C1CCCCC1)C(N)c1occc1Br. The van der Waals surface area contributed by atoms with Gasteiger partial charge in [-0.05, 0) is 47.7 Å². The number of hydrogen-bond acceptors (Lipinski definition) is 3. The summed E-state index contributed by atoms with van der Waals surface area (Å²) < 4.78 is 12.3. The lowest BCUT2D eigenvalue weighted by Gasteiger charge is -2.33. The van der Waals surface area contributed by atoms with Crippen molar-refractivity contribution in [2.45, 2.75) is 51.2 Å². The van der Waals surface area contributed by atoms with Gasteiger partial charge in [0, 0.05) is 6.61 Å². The molecule has 0 aliphatic heterocycles. The van der Waals surface area contributed by atoms with Gasteiger partial charge in [0.05, 0.1) is 22.9 Å². The van der Waals surface area contributed by atoms with E-state index in [-0.39, 0.29) is 12.1 Å². The average molecular weight is 316 g/mol. The summed E-state index contributed by atoms with van der Waals surface area (Å²) in [5.74, 6) is 1.37. The molecule has 1 saturated carbocycles. The summed E-state index contributed by atoms with van der Waals surface area (Å²) in [6.45, 7) is 2.73. The molecule has 4 heteroatoms. The van der Waals surface area contributed by atoms with E-state index >= 15 is 0 Å². The maximum Gasteiger partial charge on any atom is 0.137 e. The highest BCUT2D eigenvalue weighted by Crippen LogP contribution is 2.35. The summed E-state index contributed by atoms with van der Waals surface area (Å²) in [4.78, 5) is 0. The van der Waals surface area contributed by atoms with Crippen LogP contribution in [0.1, 0.15) is 50.8 Å². The van der Waals surface area contributed by atoms with Crippen molar-refractivity contribution in [3.63, 3.8) is 0 Å². The number of hydrogen-bond donors (Lipinski definition) is 1. The molecule has 2 unspecified atom stereocenters. The maximum atomic E-state index is 6.35. The van der Waals surface area contributed by atoms with Gasteiger partial charge in [-0.15, -0.1) is 0 Å². The molecule has 1 aliphatic rings. The maximum absolute atomic E-state index is 6.35. The van der Waals surface area contributed by atoms with E-state index in [9.17, 15) is 0 Å². The smallest absolute Gasteiger partial charge is 0.137 e. The molecule has 0 amide bonds. The van der Waals surface area contributed by atoms with Crippen molar-refractivity contribution in [3.8, 4) is 0 Å². The molecule has 0 radical (unpaired) electrons. The zero-order chi connectivity index (χ0) is 13.0. The first-order valence-electron chi connectivity index (χ1n) is 6.84. The largest absolute Gasteiger partial charge is 0.466 e. The van der Waals surface area contributed by atoms with Crippen LogP contribution in [0.4, 0.5) is 0 Å². The molecule has 1 fully saturated rings. The third-order valence-electron chi connectivity index (χ3n) is 3.78. The molecular weight excluding hydrogens is 294 g/mol. The van der Waals surface area contributed by atoms with Crippen LogP contribution in [0.3, 0.4) is 0 Å². The van der Waals surface area contributed by atoms with Gasteiger partial charge in [-0.1, -0.05) is 19.3 Å². The van der Waals surface area contributed by atoms with E-state index in [4.69, 9.17) is 14.9 Å². The Morgan fingerprint density at radius 2 is 2.17 bits per heavy atom. The van der Waals surface area contributed by atoms with Gasteiger partial charge >= 0.3 is 0 Å². The third-order valence-corrected chi connectivity index (χ3v) is 4.43. The van der Waals surface area contributed by atoms with Gasteiger partial charge < -0.3 is 14.9 Å². The molecule has 102 valence electrons. The minimum atomic E-state index is -0.183. The number of halogens is 1. The monoisotopic (exact) mass is 315 g/mol. The van der Waals surface area contributed by atoms with Crippen molar-refractivity contribution in [2.24, 2.45) is 11.7 Å². The van der Waals surface area contributed by atoms with Crippen molar-refractivity contribution >= 4 is 15.9 Å². The second-order valence-corrected chi connectivity index (χ2v) is 5.83. The van der Waals surface area contributed by atoms with Crippen LogP contribution in [-0.2, 0) is 4.74 Å². The molecule has 2 N–H and O–H groups in total. The Labute approximate surface area is 117 Å². The van der Waals surface area contributed by atoms with Crippen molar-refractivity contribution in [3.05, 3.63) is 22.6 Å². The first kappa shape index (κ1) is 14.1.